The molecule has 2 aliphatic rings. The van der Waals surface area contributed by atoms with Crippen LogP contribution in [0.2, 0.25) is 0 Å². The van der Waals surface area contributed by atoms with Crippen LogP contribution in [0.1, 0.15) is 48.3 Å². The third kappa shape index (κ3) is 3.52. The van der Waals surface area contributed by atoms with E-state index in [1.54, 1.807) is 0 Å². The molecule has 0 bridgehead atoms. The van der Waals surface area contributed by atoms with Crippen LogP contribution in [0.5, 0.6) is 5.75 Å². The number of fused-ring (bicyclic) bond motifs is 4. The van der Waals surface area contributed by atoms with Crippen LogP contribution in [0, 0.1) is 6.92 Å². The van der Waals surface area contributed by atoms with E-state index < -0.39 is 12.2 Å². The summed E-state index contributed by atoms with van der Waals surface area (Å²) in [4.78, 5) is 5.72. The predicted molar refractivity (Wildman–Crippen MR) is 131 cm³/mol. The molecule has 0 radical (unpaired) electrons. The topological polar surface area (TPSA) is 68.7 Å². The van der Waals surface area contributed by atoms with Crippen molar-refractivity contribution in [3.63, 3.8) is 0 Å². The van der Waals surface area contributed by atoms with Gasteiger partial charge in [-0.2, -0.15) is 0 Å². The first-order valence-corrected chi connectivity index (χ1v) is 11.9. The van der Waals surface area contributed by atoms with E-state index in [1.807, 2.05) is 37.3 Å². The highest BCUT2D eigenvalue weighted by atomic mass is 16.5. The van der Waals surface area contributed by atoms with Crippen molar-refractivity contribution in [3.05, 3.63) is 77.5 Å². The average molecular weight is 443 g/mol. The second-order valence-corrected chi connectivity index (χ2v) is 9.74. The predicted octanol–water partition coefficient (Wildman–Crippen LogP) is 5.01. The average Bonchev–Trinajstić information content (AvgIpc) is 3.16. The van der Waals surface area contributed by atoms with Crippen molar-refractivity contribution in [3.8, 4) is 5.75 Å². The molecule has 3 N–H and O–H groups in total. The van der Waals surface area contributed by atoms with Crippen LogP contribution < -0.4 is 4.74 Å². The molecular weight excluding hydrogens is 412 g/mol. The van der Waals surface area contributed by atoms with Crippen LogP contribution >= 0.6 is 0 Å². The fourth-order valence-electron chi connectivity index (χ4n) is 5.87. The summed E-state index contributed by atoms with van der Waals surface area (Å²) in [5.41, 5.74) is 3.63. The Bertz CT molecular complexity index is 1320. The number of rotatable bonds is 3. The number of hydrogen-bond acceptors (Lipinski definition) is 4. The van der Waals surface area contributed by atoms with E-state index in [2.05, 4.69) is 40.2 Å². The molecule has 5 heteroatoms. The number of nitrogens with zero attached hydrogens (tertiary/aromatic N) is 1. The van der Waals surface area contributed by atoms with Crippen LogP contribution in [-0.4, -0.2) is 45.3 Å². The third-order valence-electron chi connectivity index (χ3n) is 7.63. The summed E-state index contributed by atoms with van der Waals surface area (Å²) in [5, 5.41) is 25.4. The van der Waals surface area contributed by atoms with Crippen LogP contribution in [0.15, 0.2) is 60.7 Å². The smallest absolute Gasteiger partial charge is 0.133 e. The maximum absolute atomic E-state index is 11.1. The highest BCUT2D eigenvalue weighted by Crippen LogP contribution is 2.47. The van der Waals surface area contributed by atoms with Gasteiger partial charge in [0.2, 0.25) is 0 Å². The molecular formula is C28H30N2O3. The summed E-state index contributed by atoms with van der Waals surface area (Å²) in [6.07, 6.45) is 1.25. The first-order chi connectivity index (χ1) is 16.0. The Balaban J connectivity index is 1.19. The van der Waals surface area contributed by atoms with Gasteiger partial charge in [0, 0.05) is 59.2 Å². The number of H-pyrrole nitrogens is 1. The van der Waals surface area contributed by atoms with Crippen LogP contribution in [0.25, 0.3) is 21.7 Å². The van der Waals surface area contributed by atoms with Crippen molar-refractivity contribution in [1.29, 1.82) is 0 Å². The molecule has 3 aromatic carbocycles. The number of ether oxygens (including phenoxy) is 1. The summed E-state index contributed by atoms with van der Waals surface area (Å²) >= 11 is 0. The number of para-hydroxylation sites is 1. The van der Waals surface area contributed by atoms with Gasteiger partial charge in [-0.05, 0) is 31.2 Å². The van der Waals surface area contributed by atoms with Crippen molar-refractivity contribution < 1.29 is 14.9 Å². The first kappa shape index (κ1) is 20.7. The van der Waals surface area contributed by atoms with Crippen LogP contribution in [0.3, 0.4) is 0 Å². The number of aromatic amines is 1. The molecule has 1 fully saturated rings. The van der Waals surface area contributed by atoms with Gasteiger partial charge >= 0.3 is 0 Å². The SMILES string of the molecule is Cc1[nH]c2ccccc2c1[C@H](O)CN1CCC2(CC1)C[C@@H](O)c1ccc3ccccc3c1O2. The minimum Gasteiger partial charge on any atom is -0.486 e. The molecule has 2 aliphatic heterocycles. The Kier molecular flexibility index (Phi) is 4.94. The first-order valence-electron chi connectivity index (χ1n) is 11.9. The molecule has 5 nitrogen and oxygen atoms in total. The number of likely N-dealkylation sites (tertiary alicyclic amines) is 1. The number of aliphatic hydroxyl groups is 2. The lowest BCUT2D eigenvalue weighted by Crippen LogP contribution is -2.51. The second-order valence-electron chi connectivity index (χ2n) is 9.74. The highest BCUT2D eigenvalue weighted by Gasteiger charge is 2.43. The summed E-state index contributed by atoms with van der Waals surface area (Å²) in [7, 11) is 0. The molecule has 6 rings (SSSR count). The van der Waals surface area contributed by atoms with Gasteiger partial charge in [-0.3, -0.25) is 0 Å². The van der Waals surface area contributed by atoms with E-state index >= 15 is 0 Å². The van der Waals surface area contributed by atoms with Gasteiger partial charge in [0.15, 0.2) is 0 Å². The Hall–Kier alpha value is -2.86. The zero-order valence-corrected chi connectivity index (χ0v) is 18.9. The molecule has 2 atom stereocenters. The molecule has 170 valence electrons. The molecule has 1 saturated heterocycles. The Morgan fingerprint density at radius 3 is 2.58 bits per heavy atom. The van der Waals surface area contributed by atoms with Gasteiger partial charge in [-0.25, -0.2) is 0 Å². The van der Waals surface area contributed by atoms with E-state index in [0.717, 1.165) is 70.2 Å². The molecule has 33 heavy (non-hydrogen) atoms. The van der Waals surface area contributed by atoms with Gasteiger partial charge in [-0.1, -0.05) is 54.6 Å². The fourth-order valence-corrected chi connectivity index (χ4v) is 5.87. The van der Waals surface area contributed by atoms with E-state index in [1.165, 1.54) is 0 Å². The lowest BCUT2D eigenvalue weighted by molar-refractivity contribution is -0.0576. The van der Waals surface area contributed by atoms with Crippen molar-refractivity contribution in [2.45, 2.75) is 44.0 Å². The van der Waals surface area contributed by atoms with E-state index in [0.29, 0.717) is 13.0 Å². The molecule has 0 unspecified atom stereocenters. The molecule has 0 aliphatic carbocycles. The lowest BCUT2D eigenvalue weighted by Gasteiger charge is -2.46. The lowest BCUT2D eigenvalue weighted by atomic mass is 9.81. The number of aliphatic hydroxyl groups excluding tert-OH is 2. The van der Waals surface area contributed by atoms with Crippen LogP contribution in [0.4, 0.5) is 0 Å². The molecule has 1 aromatic heterocycles. The Morgan fingerprint density at radius 2 is 1.76 bits per heavy atom. The second kappa shape index (κ2) is 7.87. The molecule has 1 spiro atoms. The van der Waals surface area contributed by atoms with Gasteiger partial charge in [0.25, 0.3) is 0 Å². The van der Waals surface area contributed by atoms with Gasteiger partial charge in [0.1, 0.15) is 11.4 Å². The number of aryl methyl sites for hydroxylation is 1. The maximum Gasteiger partial charge on any atom is 0.133 e. The number of aromatic nitrogens is 1. The number of nitrogens with one attached hydrogen (secondary N) is 1. The van der Waals surface area contributed by atoms with Gasteiger partial charge in [-0.15, -0.1) is 0 Å². The Labute approximate surface area is 193 Å². The molecule has 3 heterocycles. The van der Waals surface area contributed by atoms with E-state index in [-0.39, 0.29) is 5.60 Å². The van der Waals surface area contributed by atoms with Crippen LogP contribution in [-0.2, 0) is 0 Å². The van der Waals surface area contributed by atoms with E-state index in [4.69, 9.17) is 4.74 Å². The van der Waals surface area contributed by atoms with Crippen molar-refractivity contribution in [2.24, 2.45) is 0 Å². The quantitative estimate of drug-likeness (QED) is 0.417. The molecule has 0 saturated carbocycles. The zero-order valence-electron chi connectivity index (χ0n) is 18.9. The van der Waals surface area contributed by atoms with Gasteiger partial charge in [0.05, 0.1) is 12.2 Å². The minimum atomic E-state index is -0.544. The number of hydrogen-bond donors (Lipinski definition) is 3. The van der Waals surface area contributed by atoms with Gasteiger partial charge < -0.3 is 24.8 Å². The summed E-state index contributed by atoms with van der Waals surface area (Å²) < 4.78 is 6.69. The Morgan fingerprint density at radius 1 is 1.03 bits per heavy atom. The number of piperidine rings is 1. The maximum atomic E-state index is 11.1. The van der Waals surface area contributed by atoms with E-state index in [9.17, 15) is 10.2 Å². The summed E-state index contributed by atoms with van der Waals surface area (Å²) in [6, 6.07) is 20.4. The summed E-state index contributed by atoms with van der Waals surface area (Å²) in [5.74, 6) is 0.842. The van der Waals surface area contributed by atoms with Crippen molar-refractivity contribution in [2.75, 3.05) is 19.6 Å². The monoisotopic (exact) mass is 442 g/mol. The normalized spacial score (nSPS) is 21.2. The minimum absolute atomic E-state index is 0.352. The standard InChI is InChI=1S/C28H30N2O3/c1-18-26(21-8-4-5-9-23(21)29-18)25(32)17-30-14-12-28(13-15-30)16-24(31)22-11-10-19-6-2-3-7-20(19)27(22)33-28/h2-11,24-25,29,31-32H,12-17H2,1H3/t24-,25-/m1/s1. The molecule has 4 aromatic rings. The molecule has 0 amide bonds. The van der Waals surface area contributed by atoms with Crippen molar-refractivity contribution in [1.82, 2.24) is 9.88 Å². The number of benzene rings is 3. The summed E-state index contributed by atoms with van der Waals surface area (Å²) in [6.45, 7) is 4.31. The zero-order chi connectivity index (χ0) is 22.6. The fraction of sp³-hybridized carbons (Fsp3) is 0.357. The van der Waals surface area contributed by atoms with Crippen molar-refractivity contribution >= 4 is 21.7 Å². The number of β-amino-alcohol motifs (C(OH)–C–C–N with tert-alkyl or cyclic N) is 1. The highest BCUT2D eigenvalue weighted by molar-refractivity contribution is 5.90. The third-order valence-corrected chi connectivity index (χ3v) is 7.63. The largest absolute Gasteiger partial charge is 0.486 e.